The third-order valence-electron chi connectivity index (χ3n) is 2.76. The molecule has 1 atom stereocenters. The summed E-state index contributed by atoms with van der Waals surface area (Å²) in [5, 5.41) is 0. The zero-order chi connectivity index (χ0) is 11.8. The maximum absolute atomic E-state index is 13.0. The zero-order valence-electron chi connectivity index (χ0n) is 9.79. The summed E-state index contributed by atoms with van der Waals surface area (Å²) in [6.45, 7) is 1.34. The van der Waals surface area contributed by atoms with Gasteiger partial charge in [0.15, 0.2) is 0 Å². The Morgan fingerprint density at radius 1 is 1.38 bits per heavy atom. The number of nitrogens with two attached hydrogens (primary N) is 1. The first-order valence-electron chi connectivity index (χ1n) is 5.72. The van der Waals surface area contributed by atoms with Crippen LogP contribution in [0.3, 0.4) is 0 Å². The topological polar surface area (TPSA) is 35.2 Å². The Morgan fingerprint density at radius 3 is 2.81 bits per heavy atom. The van der Waals surface area contributed by atoms with E-state index in [0.29, 0.717) is 6.54 Å². The van der Waals surface area contributed by atoms with Crippen molar-refractivity contribution in [3.8, 4) is 0 Å². The Bertz CT molecular complexity index is 304. The van der Waals surface area contributed by atoms with E-state index in [-0.39, 0.29) is 11.7 Å². The molecule has 0 radical (unpaired) electrons. The van der Waals surface area contributed by atoms with E-state index in [9.17, 15) is 4.39 Å². The van der Waals surface area contributed by atoms with Crippen LogP contribution in [0.1, 0.15) is 30.7 Å². The van der Waals surface area contributed by atoms with E-state index in [1.807, 2.05) is 6.07 Å². The average molecular weight is 225 g/mol. The van der Waals surface area contributed by atoms with Crippen LogP contribution in [0, 0.1) is 5.82 Å². The van der Waals surface area contributed by atoms with Crippen LogP contribution in [0.15, 0.2) is 24.3 Å². The van der Waals surface area contributed by atoms with E-state index in [1.165, 1.54) is 6.07 Å². The van der Waals surface area contributed by atoms with Gasteiger partial charge in [-0.05, 0) is 43.0 Å². The largest absolute Gasteiger partial charge is 0.385 e. The molecule has 0 aliphatic carbocycles. The van der Waals surface area contributed by atoms with Crippen molar-refractivity contribution in [3.05, 3.63) is 35.6 Å². The van der Waals surface area contributed by atoms with E-state index >= 15 is 0 Å². The van der Waals surface area contributed by atoms with Crippen LogP contribution in [0.25, 0.3) is 0 Å². The van der Waals surface area contributed by atoms with Gasteiger partial charge >= 0.3 is 0 Å². The number of rotatable bonds is 7. The molecule has 0 heterocycles. The molecule has 0 fully saturated rings. The molecule has 0 bridgehead atoms. The molecule has 0 spiro atoms. The van der Waals surface area contributed by atoms with Gasteiger partial charge in [-0.2, -0.15) is 0 Å². The number of benzene rings is 1. The van der Waals surface area contributed by atoms with Gasteiger partial charge in [-0.15, -0.1) is 0 Å². The molecule has 0 aliphatic rings. The lowest BCUT2D eigenvalue weighted by molar-refractivity contribution is 0.191. The molecule has 3 heteroatoms. The first-order valence-corrected chi connectivity index (χ1v) is 5.72. The smallest absolute Gasteiger partial charge is 0.123 e. The lowest BCUT2D eigenvalue weighted by Crippen LogP contribution is -2.13. The lowest BCUT2D eigenvalue weighted by Gasteiger charge is -2.15. The molecule has 0 aromatic heterocycles. The zero-order valence-corrected chi connectivity index (χ0v) is 9.79. The van der Waals surface area contributed by atoms with Crippen LogP contribution in [-0.2, 0) is 4.74 Å². The first kappa shape index (κ1) is 13.1. The summed E-state index contributed by atoms with van der Waals surface area (Å²) in [6, 6.07) is 6.72. The molecule has 1 aromatic rings. The predicted molar refractivity (Wildman–Crippen MR) is 63.9 cm³/mol. The summed E-state index contributed by atoms with van der Waals surface area (Å²) in [5.74, 6) is 0.0698. The number of halogens is 1. The molecule has 0 saturated heterocycles. The minimum absolute atomic E-state index is 0.187. The molecule has 16 heavy (non-hydrogen) atoms. The minimum Gasteiger partial charge on any atom is -0.385 e. The Kier molecular flexibility index (Phi) is 6.04. The maximum atomic E-state index is 13.0. The fourth-order valence-electron chi connectivity index (χ4n) is 1.82. The van der Waals surface area contributed by atoms with E-state index in [4.69, 9.17) is 10.5 Å². The van der Waals surface area contributed by atoms with Gasteiger partial charge in [0.05, 0.1) is 0 Å². The highest BCUT2D eigenvalue weighted by Gasteiger charge is 2.09. The summed E-state index contributed by atoms with van der Waals surface area (Å²) in [7, 11) is 1.70. The van der Waals surface area contributed by atoms with Crippen molar-refractivity contribution in [1.29, 1.82) is 0 Å². The molecular formula is C13H20FNO. The second-order valence-corrected chi connectivity index (χ2v) is 3.98. The average Bonchev–Trinajstić information content (AvgIpc) is 2.29. The monoisotopic (exact) mass is 225 g/mol. The number of ether oxygens (including phenoxy) is 1. The summed E-state index contributed by atoms with van der Waals surface area (Å²) < 4.78 is 18.0. The van der Waals surface area contributed by atoms with E-state index in [2.05, 4.69) is 0 Å². The van der Waals surface area contributed by atoms with Crippen LogP contribution >= 0.6 is 0 Å². The maximum Gasteiger partial charge on any atom is 0.123 e. The fourth-order valence-corrected chi connectivity index (χ4v) is 1.82. The number of unbranched alkanes of at least 4 members (excludes halogenated alkanes) is 1. The van der Waals surface area contributed by atoms with Crippen molar-refractivity contribution in [3.63, 3.8) is 0 Å². The van der Waals surface area contributed by atoms with E-state index in [0.717, 1.165) is 31.4 Å². The molecule has 1 rings (SSSR count). The summed E-state index contributed by atoms with van der Waals surface area (Å²) in [4.78, 5) is 0. The predicted octanol–water partition coefficient (Wildman–Crippen LogP) is 2.68. The van der Waals surface area contributed by atoms with Gasteiger partial charge in [-0.1, -0.05) is 18.6 Å². The third-order valence-corrected chi connectivity index (χ3v) is 2.76. The van der Waals surface area contributed by atoms with Crippen molar-refractivity contribution in [1.82, 2.24) is 0 Å². The van der Waals surface area contributed by atoms with E-state index < -0.39 is 0 Å². The Balaban J connectivity index is 2.47. The van der Waals surface area contributed by atoms with Gasteiger partial charge in [0.25, 0.3) is 0 Å². The lowest BCUT2D eigenvalue weighted by atomic mass is 9.93. The minimum atomic E-state index is -0.187. The quantitative estimate of drug-likeness (QED) is 0.724. The molecule has 0 aliphatic heterocycles. The SMILES string of the molecule is COCCCCC(CN)c1cccc(F)c1. The summed E-state index contributed by atoms with van der Waals surface area (Å²) >= 11 is 0. The van der Waals surface area contributed by atoms with Gasteiger partial charge in [-0.3, -0.25) is 0 Å². The van der Waals surface area contributed by atoms with Crippen LogP contribution in [-0.4, -0.2) is 20.3 Å². The first-order chi connectivity index (χ1) is 7.77. The Morgan fingerprint density at radius 2 is 2.19 bits per heavy atom. The van der Waals surface area contributed by atoms with Gasteiger partial charge in [0, 0.05) is 13.7 Å². The number of hydrogen-bond donors (Lipinski definition) is 1. The van der Waals surface area contributed by atoms with Crippen molar-refractivity contribution < 1.29 is 9.13 Å². The molecular weight excluding hydrogens is 205 g/mol. The standard InChI is InChI=1S/C13H20FNO/c1-16-8-3-2-5-12(10-15)11-6-4-7-13(14)9-11/h4,6-7,9,12H,2-3,5,8,10,15H2,1H3. The molecule has 90 valence electrons. The molecule has 1 unspecified atom stereocenters. The van der Waals surface area contributed by atoms with Gasteiger partial charge in [0.2, 0.25) is 0 Å². The number of methoxy groups -OCH3 is 1. The molecule has 0 saturated carbocycles. The molecule has 2 N–H and O–H groups in total. The van der Waals surface area contributed by atoms with Gasteiger partial charge in [0.1, 0.15) is 5.82 Å². The highest BCUT2D eigenvalue weighted by Crippen LogP contribution is 2.21. The van der Waals surface area contributed by atoms with Crippen LogP contribution in [0.5, 0.6) is 0 Å². The number of hydrogen-bond acceptors (Lipinski definition) is 2. The van der Waals surface area contributed by atoms with Crippen molar-refractivity contribution in [2.24, 2.45) is 5.73 Å². The van der Waals surface area contributed by atoms with Crippen LogP contribution in [0.4, 0.5) is 4.39 Å². The van der Waals surface area contributed by atoms with Crippen LogP contribution < -0.4 is 5.73 Å². The Hall–Kier alpha value is -0.930. The highest BCUT2D eigenvalue weighted by atomic mass is 19.1. The molecule has 1 aromatic carbocycles. The second-order valence-electron chi connectivity index (χ2n) is 3.98. The van der Waals surface area contributed by atoms with E-state index in [1.54, 1.807) is 19.2 Å². The van der Waals surface area contributed by atoms with Crippen molar-refractivity contribution >= 4 is 0 Å². The van der Waals surface area contributed by atoms with Crippen molar-refractivity contribution in [2.45, 2.75) is 25.2 Å². The Labute approximate surface area is 96.6 Å². The summed E-state index contributed by atoms with van der Waals surface area (Å²) in [5.41, 5.74) is 6.72. The highest BCUT2D eigenvalue weighted by molar-refractivity contribution is 5.20. The second kappa shape index (κ2) is 7.36. The molecule has 2 nitrogen and oxygen atoms in total. The normalized spacial score (nSPS) is 12.7. The van der Waals surface area contributed by atoms with Gasteiger partial charge in [-0.25, -0.2) is 4.39 Å². The third kappa shape index (κ3) is 4.29. The summed E-state index contributed by atoms with van der Waals surface area (Å²) in [6.07, 6.45) is 3.08. The van der Waals surface area contributed by atoms with Crippen molar-refractivity contribution in [2.75, 3.05) is 20.3 Å². The fraction of sp³-hybridized carbons (Fsp3) is 0.538. The van der Waals surface area contributed by atoms with Gasteiger partial charge < -0.3 is 10.5 Å². The van der Waals surface area contributed by atoms with Crippen LogP contribution in [0.2, 0.25) is 0 Å². The molecule has 0 amide bonds.